The van der Waals surface area contributed by atoms with Gasteiger partial charge in [0.25, 0.3) is 5.91 Å². The summed E-state index contributed by atoms with van der Waals surface area (Å²) in [5.41, 5.74) is 1.69. The molecule has 1 N–H and O–H groups in total. The fourth-order valence-corrected chi connectivity index (χ4v) is 3.96. The van der Waals surface area contributed by atoms with E-state index in [2.05, 4.69) is 21.0 Å². The van der Waals surface area contributed by atoms with Crippen molar-refractivity contribution in [3.05, 3.63) is 80.5 Å². The zero-order valence-corrected chi connectivity index (χ0v) is 20.2. The Balaban J connectivity index is 1.66. The molecule has 0 aliphatic carbocycles. The molecule has 2 heterocycles. The highest BCUT2D eigenvalue weighted by atomic mass is 79.9. The summed E-state index contributed by atoms with van der Waals surface area (Å²) < 4.78 is 11.5. The Morgan fingerprint density at radius 2 is 1.91 bits per heavy atom. The van der Waals surface area contributed by atoms with Crippen molar-refractivity contribution >= 4 is 62.9 Å². The molecule has 0 spiro atoms. The second-order valence-corrected chi connectivity index (χ2v) is 8.54. The number of hydrogen-bond acceptors (Lipinski definition) is 6. The van der Waals surface area contributed by atoms with Crippen LogP contribution < -0.4 is 5.01 Å². The fraction of sp³-hybridized carbons (Fsp3) is 0.0833. The van der Waals surface area contributed by atoms with E-state index in [0.717, 1.165) is 5.01 Å². The zero-order chi connectivity index (χ0) is 24.6. The minimum atomic E-state index is -1.21. The number of amides is 1. The number of rotatable bonds is 5. The van der Waals surface area contributed by atoms with Gasteiger partial charge in [-0.2, -0.15) is 10.1 Å². The lowest BCUT2D eigenvalue weighted by Gasteiger charge is -2.12. The molecule has 34 heavy (non-hydrogen) atoms. The predicted molar refractivity (Wildman–Crippen MR) is 130 cm³/mol. The van der Waals surface area contributed by atoms with Crippen LogP contribution in [0.3, 0.4) is 0 Å². The predicted octanol–water partition coefficient (Wildman–Crippen LogP) is 5.65. The van der Waals surface area contributed by atoms with Crippen LogP contribution in [0.1, 0.15) is 33.4 Å². The highest BCUT2D eigenvalue weighted by molar-refractivity contribution is 9.10. The second-order valence-electron chi connectivity index (χ2n) is 7.21. The number of anilines is 1. The van der Waals surface area contributed by atoms with Crippen LogP contribution >= 0.6 is 27.5 Å². The number of aromatic carboxylic acids is 1. The Bertz CT molecular complexity index is 1410. The molecule has 2 aromatic carbocycles. The lowest BCUT2D eigenvalue weighted by molar-refractivity contribution is -0.114. The van der Waals surface area contributed by atoms with Crippen LogP contribution in [0.15, 0.2) is 68.1 Å². The minimum absolute atomic E-state index is 0.0572. The normalized spacial score (nSPS) is 14.5. The smallest absolute Gasteiger partial charge is 0.338 e. The first-order valence-corrected chi connectivity index (χ1v) is 11.0. The molecule has 0 unspecified atom stereocenters. The standard InChI is InChI=1S/C24H16BrClN2O6/c1-12-17(22(29)28(27-12)14-4-7-20(26)19(10-14)23(30)31)11-15-5-8-21(34-15)16-6-3-13(25)9-18(16)24(32)33-2/h3-11H,1-2H3,(H,30,31)/b17-11-. The maximum atomic E-state index is 13.0. The summed E-state index contributed by atoms with van der Waals surface area (Å²) >= 11 is 9.27. The van der Waals surface area contributed by atoms with Crippen LogP contribution in [-0.2, 0) is 9.53 Å². The highest BCUT2D eigenvalue weighted by Crippen LogP contribution is 2.32. The number of hydrazone groups is 1. The number of ether oxygens (including phenoxy) is 1. The molecule has 0 saturated carbocycles. The average Bonchev–Trinajstić information content (AvgIpc) is 3.38. The molecule has 0 bridgehead atoms. The maximum absolute atomic E-state index is 13.0. The Morgan fingerprint density at radius 1 is 1.15 bits per heavy atom. The van der Waals surface area contributed by atoms with Crippen molar-refractivity contribution < 1.29 is 28.6 Å². The molecule has 1 aromatic heterocycles. The van der Waals surface area contributed by atoms with Gasteiger partial charge in [0.05, 0.1) is 40.2 Å². The zero-order valence-electron chi connectivity index (χ0n) is 17.8. The van der Waals surface area contributed by atoms with Gasteiger partial charge in [-0.1, -0.05) is 27.5 Å². The molecule has 4 rings (SSSR count). The van der Waals surface area contributed by atoms with E-state index in [4.69, 9.17) is 20.8 Å². The largest absolute Gasteiger partial charge is 0.478 e. The van der Waals surface area contributed by atoms with Gasteiger partial charge in [-0.15, -0.1) is 0 Å². The van der Waals surface area contributed by atoms with Gasteiger partial charge in [-0.05, 0) is 61.5 Å². The third kappa shape index (κ3) is 4.40. The van der Waals surface area contributed by atoms with Crippen molar-refractivity contribution in [2.45, 2.75) is 6.92 Å². The molecule has 1 aliphatic heterocycles. The van der Waals surface area contributed by atoms with Crippen LogP contribution in [0, 0.1) is 0 Å². The number of hydrogen-bond donors (Lipinski definition) is 1. The van der Waals surface area contributed by atoms with E-state index in [0.29, 0.717) is 32.8 Å². The van der Waals surface area contributed by atoms with Crippen molar-refractivity contribution in [1.82, 2.24) is 0 Å². The van der Waals surface area contributed by atoms with E-state index in [1.54, 1.807) is 37.3 Å². The minimum Gasteiger partial charge on any atom is -0.478 e. The lowest BCUT2D eigenvalue weighted by Crippen LogP contribution is -2.21. The van der Waals surface area contributed by atoms with Gasteiger partial charge in [0.2, 0.25) is 0 Å². The summed E-state index contributed by atoms with van der Waals surface area (Å²) in [5, 5.41) is 14.7. The van der Waals surface area contributed by atoms with Gasteiger partial charge in [0, 0.05) is 10.0 Å². The quantitative estimate of drug-likeness (QED) is 0.329. The fourth-order valence-electron chi connectivity index (χ4n) is 3.40. The Kier molecular flexibility index (Phi) is 6.41. The van der Waals surface area contributed by atoms with E-state index >= 15 is 0 Å². The van der Waals surface area contributed by atoms with Gasteiger partial charge in [-0.3, -0.25) is 4.79 Å². The molecule has 10 heteroatoms. The topological polar surface area (TPSA) is 109 Å². The summed E-state index contributed by atoms with van der Waals surface area (Å²) in [6.07, 6.45) is 1.54. The van der Waals surface area contributed by atoms with E-state index in [1.165, 1.54) is 31.4 Å². The van der Waals surface area contributed by atoms with Crippen LogP contribution in [-0.4, -0.2) is 35.8 Å². The molecule has 0 fully saturated rings. The SMILES string of the molecule is COC(=O)c1cc(Br)ccc1-c1ccc(/C=C2\C(=O)N(c3ccc(Cl)c(C(=O)O)c3)N=C2C)o1. The van der Waals surface area contributed by atoms with Crippen LogP contribution in [0.2, 0.25) is 5.02 Å². The third-order valence-corrected chi connectivity index (χ3v) is 5.88. The Morgan fingerprint density at radius 3 is 2.62 bits per heavy atom. The van der Waals surface area contributed by atoms with Crippen molar-refractivity contribution in [2.75, 3.05) is 12.1 Å². The number of furan rings is 1. The maximum Gasteiger partial charge on any atom is 0.338 e. The molecular weight excluding hydrogens is 528 g/mol. The van der Waals surface area contributed by atoms with E-state index < -0.39 is 17.8 Å². The number of carboxylic acid groups (broad SMARTS) is 1. The van der Waals surface area contributed by atoms with E-state index in [1.807, 2.05) is 0 Å². The Labute approximate surface area is 207 Å². The summed E-state index contributed by atoms with van der Waals surface area (Å²) in [4.78, 5) is 36.6. The summed E-state index contributed by atoms with van der Waals surface area (Å²) in [6, 6.07) is 12.7. The monoisotopic (exact) mass is 542 g/mol. The van der Waals surface area contributed by atoms with Gasteiger partial charge in [0.15, 0.2) is 0 Å². The Hall–Kier alpha value is -3.69. The number of methoxy groups -OCH3 is 1. The average molecular weight is 544 g/mol. The number of carbonyl (C=O) groups is 3. The number of carbonyl (C=O) groups excluding carboxylic acids is 2. The molecule has 172 valence electrons. The first-order chi connectivity index (χ1) is 16.2. The van der Waals surface area contributed by atoms with Crippen LogP contribution in [0.5, 0.6) is 0 Å². The summed E-state index contributed by atoms with van der Waals surface area (Å²) in [7, 11) is 1.30. The van der Waals surface area contributed by atoms with Gasteiger partial charge < -0.3 is 14.3 Å². The van der Waals surface area contributed by atoms with Crippen molar-refractivity contribution in [3.8, 4) is 11.3 Å². The third-order valence-electron chi connectivity index (χ3n) is 5.05. The van der Waals surface area contributed by atoms with Gasteiger partial charge >= 0.3 is 11.9 Å². The summed E-state index contributed by atoms with van der Waals surface area (Å²) in [5.74, 6) is -1.39. The van der Waals surface area contributed by atoms with Gasteiger partial charge in [-0.25, -0.2) is 9.59 Å². The number of halogens is 2. The van der Waals surface area contributed by atoms with Crippen LogP contribution in [0.4, 0.5) is 5.69 Å². The molecule has 1 aliphatic rings. The number of carboxylic acids is 1. The van der Waals surface area contributed by atoms with Crippen LogP contribution in [0.25, 0.3) is 17.4 Å². The molecule has 8 nitrogen and oxygen atoms in total. The first-order valence-electron chi connectivity index (χ1n) is 9.82. The van der Waals surface area contributed by atoms with E-state index in [9.17, 15) is 19.5 Å². The van der Waals surface area contributed by atoms with Crippen molar-refractivity contribution in [2.24, 2.45) is 5.10 Å². The van der Waals surface area contributed by atoms with Crippen molar-refractivity contribution in [3.63, 3.8) is 0 Å². The second kappa shape index (κ2) is 9.28. The molecule has 3 aromatic rings. The number of esters is 1. The van der Waals surface area contributed by atoms with Crippen molar-refractivity contribution in [1.29, 1.82) is 0 Å². The molecule has 0 radical (unpaired) electrons. The number of nitrogens with zero attached hydrogens (tertiary/aromatic N) is 2. The highest BCUT2D eigenvalue weighted by Gasteiger charge is 2.30. The number of benzene rings is 2. The van der Waals surface area contributed by atoms with Gasteiger partial charge in [0.1, 0.15) is 11.5 Å². The summed E-state index contributed by atoms with van der Waals surface area (Å²) in [6.45, 7) is 1.66. The molecule has 0 atom stereocenters. The lowest BCUT2D eigenvalue weighted by atomic mass is 10.1. The first kappa shape index (κ1) is 23.5. The molecule has 0 saturated heterocycles. The van der Waals surface area contributed by atoms with E-state index in [-0.39, 0.29) is 21.8 Å². The molecule has 1 amide bonds. The molecular formula is C24H16BrClN2O6.